The van der Waals surface area contributed by atoms with Crippen molar-refractivity contribution >= 4 is 29.1 Å². The second-order valence-corrected chi connectivity index (χ2v) is 7.16. The monoisotopic (exact) mass is 380 g/mol. The first-order chi connectivity index (χ1) is 12.6. The molecule has 1 aromatic rings. The summed E-state index contributed by atoms with van der Waals surface area (Å²) in [5, 5.41) is 9.38. The molecule has 0 saturated carbocycles. The van der Waals surface area contributed by atoms with E-state index in [-0.39, 0.29) is 17.7 Å². The van der Waals surface area contributed by atoms with Crippen molar-refractivity contribution in [2.45, 2.75) is 26.2 Å². The van der Waals surface area contributed by atoms with E-state index in [1.54, 1.807) is 6.07 Å². The smallest absolute Gasteiger partial charge is 0.252 e. The number of hydrogen-bond donors (Lipinski definition) is 2. The van der Waals surface area contributed by atoms with E-state index in [1.165, 1.54) is 11.3 Å². The predicted molar refractivity (Wildman–Crippen MR) is 102 cm³/mol. The van der Waals surface area contributed by atoms with E-state index in [9.17, 15) is 14.4 Å². The fraction of sp³-hybridized carbons (Fsp3) is 0.611. The van der Waals surface area contributed by atoms with Crippen LogP contribution in [0.25, 0.3) is 0 Å². The highest BCUT2D eigenvalue weighted by Crippen LogP contribution is 2.07. The van der Waals surface area contributed by atoms with E-state index < -0.39 is 0 Å². The molecule has 144 valence electrons. The van der Waals surface area contributed by atoms with Crippen LogP contribution >= 0.6 is 11.3 Å². The lowest BCUT2D eigenvalue weighted by atomic mass is 10.2. The summed E-state index contributed by atoms with van der Waals surface area (Å²) in [6, 6.07) is 1.78. The minimum absolute atomic E-state index is 0.0491. The molecule has 1 fully saturated rings. The summed E-state index contributed by atoms with van der Waals surface area (Å²) >= 11 is 1.49. The Labute approximate surface area is 158 Å². The highest BCUT2D eigenvalue weighted by molar-refractivity contribution is 7.08. The van der Waals surface area contributed by atoms with Crippen molar-refractivity contribution in [3.05, 3.63) is 22.4 Å². The Morgan fingerprint density at radius 1 is 1.12 bits per heavy atom. The van der Waals surface area contributed by atoms with Gasteiger partial charge in [-0.25, -0.2) is 0 Å². The lowest BCUT2D eigenvalue weighted by molar-refractivity contribution is -0.133. The molecule has 1 aromatic heterocycles. The molecule has 1 aliphatic heterocycles. The number of thiophene rings is 1. The van der Waals surface area contributed by atoms with E-state index >= 15 is 0 Å². The van der Waals surface area contributed by atoms with Gasteiger partial charge in [0.2, 0.25) is 11.8 Å². The number of nitrogens with one attached hydrogen (secondary N) is 2. The van der Waals surface area contributed by atoms with Crippen molar-refractivity contribution in [3.63, 3.8) is 0 Å². The number of rotatable bonds is 9. The maximum atomic E-state index is 12.3. The lowest BCUT2D eigenvalue weighted by Gasteiger charge is -2.34. The van der Waals surface area contributed by atoms with Crippen LogP contribution in [0.2, 0.25) is 0 Å². The zero-order valence-electron chi connectivity index (χ0n) is 15.3. The third-order valence-corrected chi connectivity index (χ3v) is 4.98. The van der Waals surface area contributed by atoms with Crippen molar-refractivity contribution in [2.75, 3.05) is 45.8 Å². The third-order valence-electron chi connectivity index (χ3n) is 4.30. The molecule has 0 aromatic carbocycles. The molecule has 1 saturated heterocycles. The fourth-order valence-electron chi connectivity index (χ4n) is 2.77. The first kappa shape index (κ1) is 20.4. The molecular weight excluding hydrogens is 352 g/mol. The maximum absolute atomic E-state index is 12.3. The van der Waals surface area contributed by atoms with Gasteiger partial charge in [-0.3, -0.25) is 19.3 Å². The van der Waals surface area contributed by atoms with Crippen molar-refractivity contribution < 1.29 is 14.4 Å². The molecule has 0 bridgehead atoms. The molecule has 8 heteroatoms. The van der Waals surface area contributed by atoms with E-state index in [1.807, 2.05) is 22.6 Å². The van der Waals surface area contributed by atoms with Crippen LogP contribution < -0.4 is 10.6 Å². The Balaban J connectivity index is 1.58. The second kappa shape index (κ2) is 10.9. The average Bonchev–Trinajstić information content (AvgIpc) is 3.18. The van der Waals surface area contributed by atoms with E-state index in [4.69, 9.17) is 0 Å². The molecule has 2 rings (SSSR count). The largest absolute Gasteiger partial charge is 0.355 e. The molecule has 7 nitrogen and oxygen atoms in total. The topological polar surface area (TPSA) is 81.8 Å². The van der Waals surface area contributed by atoms with Gasteiger partial charge in [0.05, 0.1) is 6.54 Å². The standard InChI is InChI=1S/C18H28N4O3S/c1-2-6-19-16(23)13-21-8-10-22(11-9-21)17(24)4-3-7-20-18(25)15-5-12-26-14-15/h5,12,14H,2-4,6-11,13H2,1H3,(H,19,23)(H,20,25). The fourth-order valence-corrected chi connectivity index (χ4v) is 3.41. The molecule has 0 unspecified atom stereocenters. The van der Waals surface area contributed by atoms with E-state index in [0.29, 0.717) is 51.1 Å². The maximum Gasteiger partial charge on any atom is 0.252 e. The average molecular weight is 381 g/mol. The number of amides is 3. The number of carbonyl (C=O) groups excluding carboxylic acids is 3. The van der Waals surface area contributed by atoms with Crippen LogP contribution in [0.5, 0.6) is 0 Å². The lowest BCUT2D eigenvalue weighted by Crippen LogP contribution is -2.51. The Kier molecular flexibility index (Phi) is 8.57. The number of nitrogens with zero attached hydrogens (tertiary/aromatic N) is 2. The van der Waals surface area contributed by atoms with Gasteiger partial charge in [-0.05, 0) is 24.3 Å². The van der Waals surface area contributed by atoms with Gasteiger partial charge in [-0.1, -0.05) is 6.92 Å². The molecule has 2 heterocycles. The SMILES string of the molecule is CCCNC(=O)CN1CCN(C(=O)CCCNC(=O)c2ccsc2)CC1. The van der Waals surface area contributed by atoms with Crippen LogP contribution in [0.3, 0.4) is 0 Å². The van der Waals surface area contributed by atoms with Crippen LogP contribution in [0.4, 0.5) is 0 Å². The summed E-state index contributed by atoms with van der Waals surface area (Å²) < 4.78 is 0. The summed E-state index contributed by atoms with van der Waals surface area (Å²) in [6.07, 6.45) is 2.00. The number of piperazine rings is 1. The summed E-state index contributed by atoms with van der Waals surface area (Å²) in [7, 11) is 0. The third kappa shape index (κ3) is 6.76. The van der Waals surface area contributed by atoms with Gasteiger partial charge in [0, 0.05) is 56.6 Å². The summed E-state index contributed by atoms with van der Waals surface area (Å²) in [5.74, 6) is 0.0755. The van der Waals surface area contributed by atoms with Gasteiger partial charge in [0.25, 0.3) is 5.91 Å². The Morgan fingerprint density at radius 3 is 2.54 bits per heavy atom. The molecule has 26 heavy (non-hydrogen) atoms. The molecule has 0 atom stereocenters. The van der Waals surface area contributed by atoms with Crippen LogP contribution in [-0.2, 0) is 9.59 Å². The highest BCUT2D eigenvalue weighted by atomic mass is 32.1. The van der Waals surface area contributed by atoms with Crippen molar-refractivity contribution in [3.8, 4) is 0 Å². The van der Waals surface area contributed by atoms with E-state index in [2.05, 4.69) is 15.5 Å². The summed E-state index contributed by atoms with van der Waals surface area (Å²) in [5.41, 5.74) is 0.667. The van der Waals surface area contributed by atoms with Crippen molar-refractivity contribution in [2.24, 2.45) is 0 Å². The Morgan fingerprint density at radius 2 is 1.88 bits per heavy atom. The molecular formula is C18H28N4O3S. The number of carbonyl (C=O) groups is 3. The molecule has 0 aliphatic carbocycles. The normalized spacial score (nSPS) is 14.9. The summed E-state index contributed by atoms with van der Waals surface area (Å²) in [4.78, 5) is 39.7. The second-order valence-electron chi connectivity index (χ2n) is 6.38. The quantitative estimate of drug-likeness (QED) is 0.625. The van der Waals surface area contributed by atoms with Gasteiger partial charge in [0.1, 0.15) is 0 Å². The van der Waals surface area contributed by atoms with Crippen LogP contribution in [0.1, 0.15) is 36.5 Å². The predicted octanol–water partition coefficient (Wildman–Crippen LogP) is 0.929. The summed E-state index contributed by atoms with van der Waals surface area (Å²) in [6.45, 7) is 6.38. The first-order valence-corrected chi connectivity index (χ1v) is 10.1. The molecule has 1 aliphatic rings. The van der Waals surface area contributed by atoms with Crippen molar-refractivity contribution in [1.82, 2.24) is 20.4 Å². The zero-order chi connectivity index (χ0) is 18.8. The van der Waals surface area contributed by atoms with Crippen LogP contribution in [0, 0.1) is 0 Å². The molecule has 0 spiro atoms. The van der Waals surface area contributed by atoms with E-state index in [0.717, 1.165) is 19.5 Å². The molecule has 2 N–H and O–H groups in total. The van der Waals surface area contributed by atoms with Crippen molar-refractivity contribution in [1.29, 1.82) is 0 Å². The molecule has 0 radical (unpaired) electrons. The van der Waals surface area contributed by atoms with Gasteiger partial charge < -0.3 is 15.5 Å². The van der Waals surface area contributed by atoms with Crippen LogP contribution in [0.15, 0.2) is 16.8 Å². The van der Waals surface area contributed by atoms with Gasteiger partial charge in [-0.15, -0.1) is 0 Å². The molecule has 3 amide bonds. The minimum atomic E-state index is -0.0892. The Hall–Kier alpha value is -1.93. The highest BCUT2D eigenvalue weighted by Gasteiger charge is 2.21. The Bertz CT molecular complexity index is 583. The minimum Gasteiger partial charge on any atom is -0.355 e. The first-order valence-electron chi connectivity index (χ1n) is 9.17. The number of hydrogen-bond acceptors (Lipinski definition) is 5. The van der Waals surface area contributed by atoms with Gasteiger partial charge >= 0.3 is 0 Å². The van der Waals surface area contributed by atoms with Gasteiger partial charge in [-0.2, -0.15) is 11.3 Å². The zero-order valence-corrected chi connectivity index (χ0v) is 16.1. The van der Waals surface area contributed by atoms with Crippen LogP contribution in [-0.4, -0.2) is 73.3 Å². The van der Waals surface area contributed by atoms with Gasteiger partial charge in [0.15, 0.2) is 0 Å².